The molecule has 5 nitrogen and oxygen atoms in total. The number of nitrogens with zero attached hydrogens (tertiary/aromatic N) is 4. The fourth-order valence-electron chi connectivity index (χ4n) is 1.58. The lowest BCUT2D eigenvalue weighted by Gasteiger charge is -2.01. The van der Waals surface area contributed by atoms with E-state index in [-0.39, 0.29) is 0 Å². The van der Waals surface area contributed by atoms with Crippen LogP contribution < -0.4 is 0 Å². The first kappa shape index (κ1) is 13.1. The molecule has 0 aliphatic heterocycles. The van der Waals surface area contributed by atoms with Crippen molar-refractivity contribution in [3.8, 4) is 0 Å². The second kappa shape index (κ2) is 5.56. The average Bonchev–Trinajstić information content (AvgIpc) is 2.75. The minimum absolute atomic E-state index is 0.741. The van der Waals surface area contributed by atoms with E-state index >= 15 is 0 Å². The molecule has 0 radical (unpaired) electrons. The van der Waals surface area contributed by atoms with Crippen LogP contribution in [0.2, 0.25) is 0 Å². The molecule has 0 amide bonds. The van der Waals surface area contributed by atoms with Crippen LogP contribution in [0.25, 0.3) is 11.0 Å². The lowest BCUT2D eigenvalue weighted by molar-refractivity contribution is 0.438. The molecule has 2 aromatic rings. The summed E-state index contributed by atoms with van der Waals surface area (Å²) < 4.78 is 5.67. The van der Waals surface area contributed by atoms with Crippen molar-refractivity contribution in [2.75, 3.05) is 28.2 Å². The molecule has 0 N–H and O–H groups in total. The van der Waals surface area contributed by atoms with Crippen molar-refractivity contribution >= 4 is 23.4 Å². The Bertz CT molecular complexity index is 595. The molecule has 0 saturated heterocycles. The minimum atomic E-state index is 0.741. The molecule has 0 fully saturated rings. The van der Waals surface area contributed by atoms with Crippen molar-refractivity contribution in [1.82, 2.24) is 10.0 Å². The largest absolute Gasteiger partial charge is 0.455 e. The van der Waals surface area contributed by atoms with Gasteiger partial charge in [-0.3, -0.25) is 0 Å². The zero-order valence-electron chi connectivity index (χ0n) is 11.7. The second-order valence-corrected chi connectivity index (χ2v) is 4.63. The number of rotatable bonds is 4. The number of hydrazone groups is 2. The molecule has 1 heterocycles. The van der Waals surface area contributed by atoms with Crippen molar-refractivity contribution in [3.63, 3.8) is 0 Å². The molecule has 19 heavy (non-hydrogen) atoms. The highest BCUT2D eigenvalue weighted by atomic mass is 16.3. The molecule has 0 aliphatic carbocycles. The fourth-order valence-corrected chi connectivity index (χ4v) is 1.58. The Balaban J connectivity index is 2.28. The normalized spacial score (nSPS) is 11.8. The SMILES string of the molecule is CN(C)/N=C\c1ccc2oc(/C=N\N(C)C)cc2c1. The summed E-state index contributed by atoms with van der Waals surface area (Å²) in [5, 5.41) is 12.9. The van der Waals surface area contributed by atoms with Crippen molar-refractivity contribution in [1.29, 1.82) is 0 Å². The van der Waals surface area contributed by atoms with Gasteiger partial charge >= 0.3 is 0 Å². The molecule has 0 aliphatic rings. The van der Waals surface area contributed by atoms with Gasteiger partial charge in [-0.15, -0.1) is 0 Å². The van der Waals surface area contributed by atoms with Crippen LogP contribution in [0.3, 0.4) is 0 Å². The first-order valence-electron chi connectivity index (χ1n) is 6.01. The summed E-state index contributed by atoms with van der Waals surface area (Å²) in [5.74, 6) is 0.741. The van der Waals surface area contributed by atoms with Crippen molar-refractivity contribution < 1.29 is 4.42 Å². The van der Waals surface area contributed by atoms with Crippen LogP contribution >= 0.6 is 0 Å². The molecule has 1 aromatic heterocycles. The molecule has 2 rings (SSSR count). The summed E-state index contributed by atoms with van der Waals surface area (Å²) in [6.45, 7) is 0. The smallest absolute Gasteiger partial charge is 0.148 e. The maximum absolute atomic E-state index is 5.67. The quantitative estimate of drug-likeness (QED) is 0.624. The van der Waals surface area contributed by atoms with Gasteiger partial charge in [0.2, 0.25) is 0 Å². The Morgan fingerprint density at radius 3 is 2.32 bits per heavy atom. The molecule has 1 aromatic carbocycles. The number of hydrogen-bond acceptors (Lipinski definition) is 5. The summed E-state index contributed by atoms with van der Waals surface area (Å²) in [6, 6.07) is 7.93. The van der Waals surface area contributed by atoms with Crippen LogP contribution in [0.1, 0.15) is 11.3 Å². The molecule has 0 unspecified atom stereocenters. The van der Waals surface area contributed by atoms with E-state index < -0.39 is 0 Å². The third-order valence-electron chi connectivity index (χ3n) is 2.41. The van der Waals surface area contributed by atoms with Crippen LogP contribution in [0, 0.1) is 0 Å². The van der Waals surface area contributed by atoms with Gasteiger partial charge in [-0.05, 0) is 29.8 Å². The Hall–Kier alpha value is -2.30. The zero-order chi connectivity index (χ0) is 13.8. The van der Waals surface area contributed by atoms with Gasteiger partial charge in [0.15, 0.2) is 0 Å². The van der Waals surface area contributed by atoms with Crippen molar-refractivity contribution in [2.45, 2.75) is 0 Å². The van der Waals surface area contributed by atoms with E-state index in [9.17, 15) is 0 Å². The van der Waals surface area contributed by atoms with Crippen LogP contribution in [0.15, 0.2) is 38.9 Å². The monoisotopic (exact) mass is 258 g/mol. The van der Waals surface area contributed by atoms with Crippen LogP contribution in [0.4, 0.5) is 0 Å². The summed E-state index contributed by atoms with van der Waals surface area (Å²) in [7, 11) is 7.52. The predicted molar refractivity (Wildman–Crippen MR) is 78.8 cm³/mol. The van der Waals surface area contributed by atoms with E-state index in [1.807, 2.05) is 58.7 Å². The lowest BCUT2D eigenvalue weighted by Crippen LogP contribution is -2.01. The first-order valence-corrected chi connectivity index (χ1v) is 6.01. The van der Waals surface area contributed by atoms with E-state index in [4.69, 9.17) is 4.42 Å². The fraction of sp³-hybridized carbons (Fsp3) is 0.286. The van der Waals surface area contributed by atoms with Gasteiger partial charge in [0.05, 0.1) is 12.4 Å². The Morgan fingerprint density at radius 1 is 0.947 bits per heavy atom. The maximum atomic E-state index is 5.67. The molecule has 0 saturated carbocycles. The van der Waals surface area contributed by atoms with Gasteiger partial charge in [-0.25, -0.2) is 0 Å². The Morgan fingerprint density at radius 2 is 1.63 bits per heavy atom. The topological polar surface area (TPSA) is 44.3 Å². The summed E-state index contributed by atoms with van der Waals surface area (Å²) in [5.41, 5.74) is 1.89. The standard InChI is InChI=1S/C14H18N4O/c1-17(2)15-9-11-5-6-14-12(7-11)8-13(19-14)10-16-18(3)4/h5-10H,1-4H3/b15-9-,16-10-. The van der Waals surface area contributed by atoms with Gasteiger partial charge in [-0.1, -0.05) is 0 Å². The third-order valence-corrected chi connectivity index (χ3v) is 2.41. The third kappa shape index (κ3) is 3.58. The van der Waals surface area contributed by atoms with Crippen LogP contribution in [-0.2, 0) is 0 Å². The number of fused-ring (bicyclic) bond motifs is 1. The number of benzene rings is 1. The summed E-state index contributed by atoms with van der Waals surface area (Å²) >= 11 is 0. The first-order chi connectivity index (χ1) is 9.04. The molecule has 0 atom stereocenters. The number of hydrogen-bond donors (Lipinski definition) is 0. The summed E-state index contributed by atoms with van der Waals surface area (Å²) in [4.78, 5) is 0. The van der Waals surface area contributed by atoms with Gasteiger partial charge in [0, 0.05) is 33.6 Å². The molecular weight excluding hydrogens is 240 g/mol. The molecule has 100 valence electrons. The predicted octanol–water partition coefficient (Wildman–Crippen LogP) is 2.22. The molecular formula is C14H18N4O. The van der Waals surface area contributed by atoms with Gasteiger partial charge in [0.25, 0.3) is 0 Å². The molecule has 5 heteroatoms. The van der Waals surface area contributed by atoms with Crippen molar-refractivity contribution in [2.24, 2.45) is 10.2 Å². The Labute approximate surface area is 112 Å². The molecule has 0 bridgehead atoms. The van der Waals surface area contributed by atoms with E-state index in [0.29, 0.717) is 0 Å². The Kier molecular flexibility index (Phi) is 3.85. The highest BCUT2D eigenvalue weighted by Gasteiger charge is 2.02. The average molecular weight is 258 g/mol. The van der Waals surface area contributed by atoms with Gasteiger partial charge in [0.1, 0.15) is 11.3 Å². The van der Waals surface area contributed by atoms with E-state index in [0.717, 1.165) is 22.3 Å². The van der Waals surface area contributed by atoms with Gasteiger partial charge < -0.3 is 14.4 Å². The van der Waals surface area contributed by atoms with Crippen LogP contribution in [-0.4, -0.2) is 50.6 Å². The van der Waals surface area contributed by atoms with Gasteiger partial charge in [-0.2, -0.15) is 10.2 Å². The highest BCUT2D eigenvalue weighted by molar-refractivity contribution is 5.91. The van der Waals surface area contributed by atoms with E-state index in [2.05, 4.69) is 10.2 Å². The van der Waals surface area contributed by atoms with E-state index in [1.54, 1.807) is 16.2 Å². The highest BCUT2D eigenvalue weighted by Crippen LogP contribution is 2.19. The minimum Gasteiger partial charge on any atom is -0.455 e. The summed E-state index contributed by atoms with van der Waals surface area (Å²) in [6.07, 6.45) is 3.52. The zero-order valence-corrected chi connectivity index (χ0v) is 11.7. The van der Waals surface area contributed by atoms with Crippen molar-refractivity contribution in [3.05, 3.63) is 35.6 Å². The lowest BCUT2D eigenvalue weighted by atomic mass is 10.2. The molecule has 0 spiro atoms. The maximum Gasteiger partial charge on any atom is 0.148 e. The second-order valence-electron chi connectivity index (χ2n) is 4.63. The van der Waals surface area contributed by atoms with E-state index in [1.165, 1.54) is 0 Å². The number of furan rings is 1. The van der Waals surface area contributed by atoms with Crippen LogP contribution in [0.5, 0.6) is 0 Å².